The van der Waals surface area contributed by atoms with Crippen LogP contribution in [0.5, 0.6) is 0 Å². The highest BCUT2D eigenvalue weighted by molar-refractivity contribution is 6.24. The normalized spacial score (nSPS) is 18.9. The first kappa shape index (κ1) is 20.0. The minimum Gasteiger partial charge on any atom is -0.289 e. The van der Waals surface area contributed by atoms with Gasteiger partial charge in [-0.2, -0.15) is 10.2 Å². The van der Waals surface area contributed by atoms with Crippen molar-refractivity contribution >= 4 is 23.0 Å². The lowest BCUT2D eigenvalue weighted by Crippen LogP contribution is -2.29. The van der Waals surface area contributed by atoms with Crippen molar-refractivity contribution in [1.82, 2.24) is 0 Å². The van der Waals surface area contributed by atoms with E-state index in [1.165, 1.54) is 0 Å². The molecule has 0 unspecified atom stereocenters. The molecular weight excluding hydrogens is 324 g/mol. The van der Waals surface area contributed by atoms with Gasteiger partial charge in [-0.15, -0.1) is 0 Å². The van der Waals surface area contributed by atoms with Crippen LogP contribution in [-0.2, 0) is 9.59 Å². The van der Waals surface area contributed by atoms with Gasteiger partial charge in [0.25, 0.3) is 0 Å². The van der Waals surface area contributed by atoms with Crippen molar-refractivity contribution in [3.05, 3.63) is 46.6 Å². The molecule has 0 bridgehead atoms. The molecule has 0 saturated heterocycles. The number of ketones is 2. The summed E-state index contributed by atoms with van der Waals surface area (Å²) in [6.45, 7) is 15.7. The van der Waals surface area contributed by atoms with E-state index in [1.54, 1.807) is 26.0 Å². The smallest absolute Gasteiger partial charge is 0.186 e. The fraction of sp³-hybridized carbons (Fsp3) is 0.455. The summed E-state index contributed by atoms with van der Waals surface area (Å²) in [5.74, 6) is 0.107. The van der Waals surface area contributed by atoms with E-state index in [1.807, 2.05) is 53.7 Å². The van der Waals surface area contributed by atoms with Gasteiger partial charge in [-0.25, -0.2) is 0 Å². The number of hydrogen-bond donors (Lipinski definition) is 0. The second kappa shape index (κ2) is 6.75. The summed E-state index contributed by atoms with van der Waals surface area (Å²) in [4.78, 5) is 24.7. The van der Waals surface area contributed by atoms with Crippen LogP contribution in [0.3, 0.4) is 0 Å². The fourth-order valence-electron chi connectivity index (χ4n) is 2.89. The number of hydrogen-bond acceptors (Lipinski definition) is 4. The molecule has 26 heavy (non-hydrogen) atoms. The van der Waals surface area contributed by atoms with Gasteiger partial charge in [-0.3, -0.25) is 9.59 Å². The van der Waals surface area contributed by atoms with Gasteiger partial charge in [-0.05, 0) is 60.1 Å². The Morgan fingerprint density at radius 3 is 1.31 bits per heavy atom. The molecule has 0 aromatic heterocycles. The van der Waals surface area contributed by atoms with E-state index >= 15 is 0 Å². The summed E-state index contributed by atoms with van der Waals surface area (Å²) < 4.78 is 0. The van der Waals surface area contributed by atoms with Crippen molar-refractivity contribution in [3.8, 4) is 0 Å². The standard InChI is InChI=1S/C22H28N2O2/c1-13-9-15(10-14(2)19(13)25)23-24-16-11-17(21(3,4)5)20(26)18(12-16)22(6,7)8/h9-12H,1-8H3. The predicted molar refractivity (Wildman–Crippen MR) is 107 cm³/mol. The monoisotopic (exact) mass is 352 g/mol. The number of Topliss-reactive ketones (excluding diaryl/α,β-unsaturated/α-hetero) is 2. The molecule has 0 N–H and O–H groups in total. The minimum absolute atomic E-state index is 0.0321. The molecule has 138 valence electrons. The maximum absolute atomic E-state index is 12.9. The van der Waals surface area contributed by atoms with E-state index in [2.05, 4.69) is 10.2 Å². The topological polar surface area (TPSA) is 58.9 Å². The first-order chi connectivity index (χ1) is 11.8. The molecule has 0 saturated carbocycles. The first-order valence-electron chi connectivity index (χ1n) is 8.86. The minimum atomic E-state index is -0.278. The molecule has 4 heteroatoms. The van der Waals surface area contributed by atoms with Crippen LogP contribution in [0, 0.1) is 10.8 Å². The quantitative estimate of drug-likeness (QED) is 0.503. The summed E-state index contributed by atoms with van der Waals surface area (Å²) in [7, 11) is 0. The van der Waals surface area contributed by atoms with Crippen LogP contribution in [0.15, 0.2) is 56.8 Å². The number of carbonyl (C=O) groups is 2. The molecule has 0 heterocycles. The van der Waals surface area contributed by atoms with Crippen LogP contribution in [0.1, 0.15) is 55.4 Å². The number of nitrogens with zero attached hydrogens (tertiary/aromatic N) is 2. The average molecular weight is 352 g/mol. The molecule has 2 rings (SSSR count). The van der Waals surface area contributed by atoms with Gasteiger partial charge < -0.3 is 0 Å². The van der Waals surface area contributed by atoms with Crippen molar-refractivity contribution in [1.29, 1.82) is 0 Å². The first-order valence-corrected chi connectivity index (χ1v) is 8.86. The van der Waals surface area contributed by atoms with Crippen molar-refractivity contribution in [2.75, 3.05) is 0 Å². The molecule has 0 spiro atoms. The van der Waals surface area contributed by atoms with Gasteiger partial charge in [0.05, 0.1) is 11.4 Å². The number of allylic oxidation sites excluding steroid dienone is 8. The lowest BCUT2D eigenvalue weighted by molar-refractivity contribution is -0.114. The lowest BCUT2D eigenvalue weighted by Gasteiger charge is -2.30. The Bertz CT molecular complexity index is 786. The third-order valence-electron chi connectivity index (χ3n) is 4.42. The summed E-state index contributed by atoms with van der Waals surface area (Å²) in [6, 6.07) is 0. The Morgan fingerprint density at radius 2 is 0.962 bits per heavy atom. The second-order valence-electron chi connectivity index (χ2n) is 8.98. The predicted octanol–water partition coefficient (Wildman–Crippen LogP) is 4.79. The third-order valence-corrected chi connectivity index (χ3v) is 4.42. The zero-order valence-corrected chi connectivity index (χ0v) is 17.0. The SMILES string of the molecule is CC1=CC(=NN=C2C=C(C(C)(C)C)C(=O)C(C(C)(C)C)=C2)C=C(C)C1=O. The summed E-state index contributed by atoms with van der Waals surface area (Å²) in [5.41, 5.74) is 3.52. The van der Waals surface area contributed by atoms with Gasteiger partial charge >= 0.3 is 0 Å². The van der Waals surface area contributed by atoms with Gasteiger partial charge in [-0.1, -0.05) is 41.5 Å². The van der Waals surface area contributed by atoms with Gasteiger partial charge in [0.2, 0.25) is 0 Å². The summed E-state index contributed by atoms with van der Waals surface area (Å²) in [6.07, 6.45) is 7.11. The average Bonchev–Trinajstić information content (AvgIpc) is 2.49. The Balaban J connectivity index is 2.52. The second-order valence-corrected chi connectivity index (χ2v) is 8.98. The van der Waals surface area contributed by atoms with Crippen LogP contribution in [-0.4, -0.2) is 23.0 Å². The van der Waals surface area contributed by atoms with Crippen LogP contribution >= 0.6 is 0 Å². The molecule has 0 aromatic carbocycles. The Morgan fingerprint density at radius 1 is 0.615 bits per heavy atom. The van der Waals surface area contributed by atoms with E-state index in [4.69, 9.17) is 0 Å². The summed E-state index contributed by atoms with van der Waals surface area (Å²) in [5, 5.41) is 8.66. The Kier molecular flexibility index (Phi) is 5.18. The molecule has 0 atom stereocenters. The molecule has 0 amide bonds. The number of carbonyl (C=O) groups excluding carboxylic acids is 2. The van der Waals surface area contributed by atoms with Crippen molar-refractivity contribution < 1.29 is 9.59 Å². The fourth-order valence-corrected chi connectivity index (χ4v) is 2.89. The van der Waals surface area contributed by atoms with E-state index in [9.17, 15) is 9.59 Å². The zero-order chi connectivity index (χ0) is 19.9. The van der Waals surface area contributed by atoms with Crippen LogP contribution in [0.4, 0.5) is 0 Å². The van der Waals surface area contributed by atoms with Crippen LogP contribution in [0.2, 0.25) is 0 Å². The van der Waals surface area contributed by atoms with Crippen molar-refractivity contribution in [3.63, 3.8) is 0 Å². The summed E-state index contributed by atoms with van der Waals surface area (Å²) >= 11 is 0. The Labute approximate surface area is 156 Å². The molecule has 0 aromatic rings. The maximum Gasteiger partial charge on any atom is 0.186 e. The van der Waals surface area contributed by atoms with Gasteiger partial charge in [0.15, 0.2) is 11.6 Å². The molecule has 0 aliphatic heterocycles. The van der Waals surface area contributed by atoms with Crippen LogP contribution < -0.4 is 0 Å². The highest BCUT2D eigenvalue weighted by atomic mass is 16.1. The van der Waals surface area contributed by atoms with E-state index < -0.39 is 0 Å². The van der Waals surface area contributed by atoms with E-state index in [0.29, 0.717) is 22.6 Å². The van der Waals surface area contributed by atoms with Gasteiger partial charge in [0.1, 0.15) is 0 Å². The molecule has 0 radical (unpaired) electrons. The highest BCUT2D eigenvalue weighted by Crippen LogP contribution is 2.37. The van der Waals surface area contributed by atoms with Crippen LogP contribution in [0.25, 0.3) is 0 Å². The van der Waals surface area contributed by atoms with E-state index in [0.717, 1.165) is 11.1 Å². The van der Waals surface area contributed by atoms with Gasteiger partial charge in [0, 0.05) is 11.1 Å². The number of rotatable bonds is 1. The molecular formula is C22H28N2O2. The van der Waals surface area contributed by atoms with Crippen molar-refractivity contribution in [2.45, 2.75) is 55.4 Å². The molecule has 0 fully saturated rings. The highest BCUT2D eigenvalue weighted by Gasteiger charge is 2.34. The van der Waals surface area contributed by atoms with E-state index in [-0.39, 0.29) is 22.4 Å². The zero-order valence-electron chi connectivity index (χ0n) is 17.0. The molecule has 4 nitrogen and oxygen atoms in total. The lowest BCUT2D eigenvalue weighted by atomic mass is 9.72. The largest absolute Gasteiger partial charge is 0.289 e. The Hall–Kier alpha value is -2.36. The molecule has 2 aliphatic carbocycles. The maximum atomic E-state index is 12.9. The third kappa shape index (κ3) is 4.24. The molecule has 2 aliphatic rings. The van der Waals surface area contributed by atoms with Crippen molar-refractivity contribution in [2.24, 2.45) is 21.0 Å².